The van der Waals surface area contributed by atoms with E-state index in [1.54, 1.807) is 0 Å². The summed E-state index contributed by atoms with van der Waals surface area (Å²) in [6, 6.07) is 44.2. The molecule has 14 rings (SSSR count). The fraction of sp³-hybridized carbons (Fsp3) is 0.0870. The predicted octanol–water partition coefficient (Wildman–Crippen LogP) is 5.49. The zero-order chi connectivity index (χ0) is 35.2. The van der Waals surface area contributed by atoms with E-state index in [1.165, 1.54) is 21.8 Å². The van der Waals surface area contributed by atoms with E-state index in [4.69, 9.17) is 9.97 Å². The van der Waals surface area contributed by atoms with E-state index in [9.17, 15) is 0 Å². The van der Waals surface area contributed by atoms with Crippen molar-refractivity contribution in [3.63, 3.8) is 0 Å². The molecule has 0 atom stereocenters. The first-order valence-electron chi connectivity index (χ1n) is 18.6. The van der Waals surface area contributed by atoms with Crippen LogP contribution in [0.3, 0.4) is 0 Å². The zero-order valence-electron chi connectivity index (χ0n) is 29.4. The highest BCUT2D eigenvalue weighted by molar-refractivity contribution is 6.24. The molecule has 0 unspecified atom stereocenters. The number of nitrogens with zero attached hydrogens (tertiary/aromatic N) is 8. The molecule has 7 aromatic heterocycles. The van der Waals surface area contributed by atoms with E-state index in [1.807, 2.05) is 0 Å². The summed E-state index contributed by atoms with van der Waals surface area (Å²) in [5.41, 5.74) is 12.7. The SMILES string of the molecule is CC1(C)[n+]2cccc3c4nc5c6ccc[n+]7c6c6c(ccc[n+]6C76[n+]7c(ccc8ccccc87)-c7ccc8ccccc8[n+]76)c5nc4c4ccc[n+]1c4c32. The van der Waals surface area contributed by atoms with Gasteiger partial charge in [0.15, 0.2) is 24.8 Å². The molecule has 3 aliphatic rings. The Morgan fingerprint density at radius 2 is 0.759 bits per heavy atom. The smallest absolute Gasteiger partial charge is 0.243 e. The number of hydrogen-bond donors (Lipinski definition) is 0. The topological polar surface area (TPSA) is 49.1 Å². The van der Waals surface area contributed by atoms with Crippen molar-refractivity contribution < 1.29 is 27.4 Å². The van der Waals surface area contributed by atoms with Gasteiger partial charge in [-0.25, -0.2) is 9.97 Å². The van der Waals surface area contributed by atoms with Gasteiger partial charge in [0.1, 0.15) is 22.1 Å². The molecule has 10 heterocycles. The lowest BCUT2D eigenvalue weighted by molar-refractivity contribution is -1.28. The van der Waals surface area contributed by atoms with E-state index < -0.39 is 5.91 Å². The van der Waals surface area contributed by atoms with Gasteiger partial charge in [0, 0.05) is 77.6 Å². The summed E-state index contributed by atoms with van der Waals surface area (Å²) in [6.07, 6.45) is 8.91. The first-order valence-corrected chi connectivity index (χ1v) is 18.6. The lowest BCUT2D eigenvalue weighted by Gasteiger charge is -2.08. The predicted molar refractivity (Wildman–Crippen MR) is 204 cm³/mol. The summed E-state index contributed by atoms with van der Waals surface area (Å²) < 4.78 is 14.8. The highest BCUT2D eigenvalue weighted by Gasteiger charge is 2.82. The van der Waals surface area contributed by atoms with Gasteiger partial charge in [-0.3, -0.25) is 0 Å². The van der Waals surface area contributed by atoms with Gasteiger partial charge < -0.3 is 0 Å². The van der Waals surface area contributed by atoms with Crippen LogP contribution in [0, 0.1) is 0 Å². The van der Waals surface area contributed by atoms with Gasteiger partial charge in [-0.2, -0.15) is 0 Å². The molecule has 3 aliphatic heterocycles. The van der Waals surface area contributed by atoms with Gasteiger partial charge in [-0.1, -0.05) is 24.3 Å². The summed E-state index contributed by atoms with van der Waals surface area (Å²) in [5.74, 6) is -0.854. The highest BCUT2D eigenvalue weighted by Crippen LogP contribution is 2.40. The first kappa shape index (κ1) is 27.6. The van der Waals surface area contributed by atoms with Crippen molar-refractivity contribution in [1.29, 1.82) is 0 Å². The van der Waals surface area contributed by atoms with Crippen LogP contribution in [-0.2, 0) is 11.6 Å². The van der Waals surface area contributed by atoms with Gasteiger partial charge in [-0.15, -0.1) is 9.13 Å². The molecule has 8 nitrogen and oxygen atoms in total. The largest absolute Gasteiger partial charge is 0.771 e. The highest BCUT2D eigenvalue weighted by atomic mass is 15.6. The molecular formula is C46H30N8+6. The van der Waals surface area contributed by atoms with Crippen molar-refractivity contribution in [2.75, 3.05) is 0 Å². The van der Waals surface area contributed by atoms with Crippen LogP contribution in [0.2, 0.25) is 0 Å². The Morgan fingerprint density at radius 1 is 0.389 bits per heavy atom. The first-order chi connectivity index (χ1) is 26.6. The second-order valence-corrected chi connectivity index (χ2v) is 15.5. The molecule has 0 fully saturated rings. The van der Waals surface area contributed by atoms with Gasteiger partial charge in [0.05, 0.1) is 35.4 Å². The van der Waals surface area contributed by atoms with E-state index >= 15 is 0 Å². The van der Waals surface area contributed by atoms with E-state index in [-0.39, 0.29) is 5.66 Å². The Morgan fingerprint density at radius 3 is 1.19 bits per heavy atom. The molecule has 0 amide bonds. The van der Waals surface area contributed by atoms with Crippen LogP contribution in [0.4, 0.5) is 0 Å². The molecule has 11 aromatic rings. The van der Waals surface area contributed by atoms with Crippen LogP contribution in [0.25, 0.3) is 98.9 Å². The third-order valence-electron chi connectivity index (χ3n) is 12.7. The molecule has 0 aliphatic carbocycles. The Labute approximate surface area is 306 Å². The number of para-hydroxylation sites is 2. The second-order valence-electron chi connectivity index (χ2n) is 15.5. The minimum Gasteiger partial charge on any atom is -0.243 e. The number of aromatic nitrogens is 8. The molecule has 8 heteroatoms. The number of pyridine rings is 6. The minimum absolute atomic E-state index is 0.263. The van der Waals surface area contributed by atoms with Crippen LogP contribution in [-0.4, -0.2) is 9.97 Å². The van der Waals surface area contributed by atoms with E-state index in [2.05, 4.69) is 187 Å². The van der Waals surface area contributed by atoms with Crippen molar-refractivity contribution in [2.24, 2.45) is 0 Å². The van der Waals surface area contributed by atoms with E-state index in [0.29, 0.717) is 0 Å². The summed E-state index contributed by atoms with van der Waals surface area (Å²) in [6.45, 7) is 4.55. The average Bonchev–Trinajstić information content (AvgIpc) is 3.79. The van der Waals surface area contributed by atoms with Gasteiger partial charge in [0.2, 0.25) is 11.0 Å². The minimum atomic E-state index is -0.854. The number of benzene rings is 4. The quantitative estimate of drug-likeness (QED) is 0.120. The molecule has 54 heavy (non-hydrogen) atoms. The normalized spacial score (nSPS) is 15.5. The Bertz CT molecular complexity index is 3430. The molecular weight excluding hydrogens is 665 g/mol. The van der Waals surface area contributed by atoms with Crippen LogP contribution < -0.4 is 27.4 Å². The summed E-state index contributed by atoms with van der Waals surface area (Å²) in [7, 11) is 0. The van der Waals surface area contributed by atoms with Gasteiger partial charge >= 0.3 is 22.6 Å². The number of rotatable bonds is 0. The lowest BCUT2D eigenvalue weighted by Crippen LogP contribution is -2.94. The maximum absolute atomic E-state index is 5.69. The van der Waals surface area contributed by atoms with Crippen LogP contribution in [0.1, 0.15) is 13.8 Å². The molecule has 0 saturated carbocycles. The third-order valence-corrected chi connectivity index (χ3v) is 12.7. The van der Waals surface area contributed by atoms with Crippen molar-refractivity contribution >= 4 is 87.5 Å². The Kier molecular flexibility index (Phi) is 4.47. The van der Waals surface area contributed by atoms with Crippen molar-refractivity contribution in [1.82, 2.24) is 9.97 Å². The maximum atomic E-state index is 5.69. The number of hydrogen-bond acceptors (Lipinski definition) is 2. The molecule has 4 aromatic carbocycles. The van der Waals surface area contributed by atoms with Crippen LogP contribution in [0.5, 0.6) is 0 Å². The zero-order valence-corrected chi connectivity index (χ0v) is 29.4. The molecule has 0 radical (unpaired) electrons. The third kappa shape index (κ3) is 2.77. The molecule has 0 saturated heterocycles. The average molecular weight is 695 g/mol. The fourth-order valence-corrected chi connectivity index (χ4v) is 10.6. The van der Waals surface area contributed by atoms with Crippen molar-refractivity contribution in [3.05, 3.63) is 146 Å². The van der Waals surface area contributed by atoms with Crippen LogP contribution >= 0.6 is 0 Å². The molecule has 0 bridgehead atoms. The Hall–Kier alpha value is -7.06. The monoisotopic (exact) mass is 694 g/mol. The van der Waals surface area contributed by atoms with Crippen molar-refractivity contribution in [2.45, 2.75) is 25.4 Å². The van der Waals surface area contributed by atoms with Gasteiger partial charge in [0.25, 0.3) is 22.4 Å². The summed E-state index contributed by atoms with van der Waals surface area (Å²) >= 11 is 0. The standard InChI is InChI=1S/C46H30N8/c1-45(2)49-23-7-13-29-37-38(30-14-8-24-50(45)42(30)41(29)49)48-40-32-16-10-26-52-44(32)43-31(39(40)47-37)15-9-25-51(43)46(52)53-33-17-5-3-11-27(33)19-21-35(53)36-22-20-28-12-4-6-18-34(28)54(36)46/h3-26H,1-2H3/q+6. The maximum Gasteiger partial charge on any atom is 0.771 e. The second kappa shape index (κ2) is 8.76. The number of fused-ring (bicyclic) bond motifs is 17. The molecule has 0 N–H and O–H groups in total. The lowest BCUT2D eigenvalue weighted by atomic mass is 10.0. The molecule has 248 valence electrons. The van der Waals surface area contributed by atoms with Crippen molar-refractivity contribution in [3.8, 4) is 11.4 Å². The Balaban J connectivity index is 1.23. The molecule has 1 spiro atoms. The van der Waals surface area contributed by atoms with E-state index in [0.717, 1.165) is 77.1 Å². The fourth-order valence-electron chi connectivity index (χ4n) is 10.6. The summed E-state index contributed by atoms with van der Waals surface area (Å²) in [5, 5.41) is 6.78. The van der Waals surface area contributed by atoms with Gasteiger partial charge in [-0.05, 0) is 48.5 Å². The van der Waals surface area contributed by atoms with Crippen LogP contribution in [0.15, 0.2) is 146 Å². The summed E-state index contributed by atoms with van der Waals surface area (Å²) in [4.78, 5) is 11.4.